The number of ether oxygens (including phenoxy) is 2. The number of benzene rings is 1. The fourth-order valence-corrected chi connectivity index (χ4v) is 4.36. The highest BCUT2D eigenvalue weighted by molar-refractivity contribution is 8.15. The van der Waals surface area contributed by atoms with Crippen LogP contribution in [0.15, 0.2) is 36.1 Å². The van der Waals surface area contributed by atoms with Crippen LogP contribution in [0.2, 0.25) is 0 Å². The summed E-state index contributed by atoms with van der Waals surface area (Å²) >= 11 is 1.18. The molecule has 31 heavy (non-hydrogen) atoms. The van der Waals surface area contributed by atoms with Crippen LogP contribution in [0, 0.1) is 0 Å². The third kappa shape index (κ3) is 8.47. The molecule has 5 nitrogen and oxygen atoms in total. The second-order valence-corrected chi connectivity index (χ2v) is 9.07. The third-order valence-electron chi connectivity index (χ3n) is 4.85. The molecule has 0 fully saturated rings. The predicted octanol–water partition coefficient (Wildman–Crippen LogP) is 6.21. The van der Waals surface area contributed by atoms with Crippen molar-refractivity contribution in [1.82, 2.24) is 0 Å². The molecule has 9 heteroatoms. The summed E-state index contributed by atoms with van der Waals surface area (Å²) < 4.78 is 46.5. The van der Waals surface area contributed by atoms with Gasteiger partial charge in [0, 0.05) is 6.08 Å². The van der Waals surface area contributed by atoms with Gasteiger partial charge < -0.3 is 14.8 Å². The maximum Gasteiger partial charge on any atom is 0.573 e. The first-order chi connectivity index (χ1) is 14.6. The minimum absolute atomic E-state index is 0.117. The molecule has 0 radical (unpaired) electrons. The quantitative estimate of drug-likeness (QED) is 0.377. The van der Waals surface area contributed by atoms with Crippen molar-refractivity contribution in [3.63, 3.8) is 0 Å². The monoisotopic (exact) mass is 459 g/mol. The predicted molar refractivity (Wildman–Crippen MR) is 115 cm³/mol. The lowest BCUT2D eigenvalue weighted by molar-refractivity contribution is -0.274. The van der Waals surface area contributed by atoms with Crippen LogP contribution in [0.5, 0.6) is 5.75 Å². The largest absolute Gasteiger partial charge is 0.573 e. The van der Waals surface area contributed by atoms with E-state index in [-0.39, 0.29) is 10.8 Å². The Kier molecular flexibility index (Phi) is 9.28. The van der Waals surface area contributed by atoms with Crippen molar-refractivity contribution < 1.29 is 32.2 Å². The molecule has 1 aliphatic rings. The van der Waals surface area contributed by atoms with Crippen LogP contribution < -0.4 is 10.1 Å². The van der Waals surface area contributed by atoms with E-state index in [0.717, 1.165) is 31.7 Å². The fourth-order valence-electron chi connectivity index (χ4n) is 3.29. The second-order valence-electron chi connectivity index (χ2n) is 7.56. The molecule has 1 amide bonds. The van der Waals surface area contributed by atoms with Crippen LogP contribution >= 0.6 is 11.8 Å². The van der Waals surface area contributed by atoms with Gasteiger partial charge in [0.15, 0.2) is 12.4 Å². The number of alkyl halides is 3. The van der Waals surface area contributed by atoms with Crippen molar-refractivity contribution >= 4 is 28.5 Å². The van der Waals surface area contributed by atoms with Crippen LogP contribution in [0.3, 0.4) is 0 Å². The Labute approximate surface area is 184 Å². The zero-order valence-corrected chi connectivity index (χ0v) is 18.5. The molecule has 0 spiro atoms. The number of unbranched alkanes of at least 4 members (excludes halogenated alkanes) is 5. The van der Waals surface area contributed by atoms with Gasteiger partial charge in [0.25, 0.3) is 5.91 Å². The van der Waals surface area contributed by atoms with Gasteiger partial charge in [-0.1, -0.05) is 69.3 Å². The number of para-hydroxylation sites is 2. The number of amides is 1. The number of thioether (sulfide) groups is 1. The average molecular weight is 460 g/mol. The molecule has 0 aliphatic carbocycles. The minimum atomic E-state index is -4.87. The Morgan fingerprint density at radius 1 is 1.13 bits per heavy atom. The van der Waals surface area contributed by atoms with Crippen molar-refractivity contribution in [2.45, 2.75) is 69.9 Å². The highest BCUT2D eigenvalue weighted by atomic mass is 32.2. The SMILES string of the molecule is CCCCCCCCC1(C)SC(=O)C=C1OCC(=O)Nc1ccccc1OC(F)(F)F. The number of anilines is 1. The van der Waals surface area contributed by atoms with Gasteiger partial charge in [0.1, 0.15) is 5.76 Å². The fraction of sp³-hybridized carbons (Fsp3) is 0.545. The zero-order chi connectivity index (χ0) is 22.9. The first-order valence-corrected chi connectivity index (χ1v) is 11.2. The highest BCUT2D eigenvalue weighted by Crippen LogP contribution is 2.44. The van der Waals surface area contributed by atoms with Gasteiger partial charge in [0.05, 0.1) is 10.4 Å². The third-order valence-corrected chi connectivity index (χ3v) is 6.02. The van der Waals surface area contributed by atoms with Crippen molar-refractivity contribution in [3.8, 4) is 5.75 Å². The van der Waals surface area contributed by atoms with E-state index < -0.39 is 29.4 Å². The number of carbonyl (C=O) groups is 2. The lowest BCUT2D eigenvalue weighted by Crippen LogP contribution is -2.26. The van der Waals surface area contributed by atoms with E-state index in [1.807, 2.05) is 6.92 Å². The molecule has 1 atom stereocenters. The molecule has 0 saturated heterocycles. The molecule has 1 heterocycles. The number of halogens is 3. The molecule has 1 unspecified atom stereocenters. The Balaban J connectivity index is 1.89. The van der Waals surface area contributed by atoms with Gasteiger partial charge in [0.2, 0.25) is 5.12 Å². The summed E-state index contributed by atoms with van der Waals surface area (Å²) in [5.41, 5.74) is -0.117. The van der Waals surface area contributed by atoms with E-state index in [4.69, 9.17) is 4.74 Å². The first-order valence-electron chi connectivity index (χ1n) is 10.4. The van der Waals surface area contributed by atoms with Crippen LogP contribution in [-0.4, -0.2) is 28.7 Å². The van der Waals surface area contributed by atoms with Crippen molar-refractivity contribution in [3.05, 3.63) is 36.1 Å². The van der Waals surface area contributed by atoms with Crippen molar-refractivity contribution in [1.29, 1.82) is 0 Å². The molecule has 0 bridgehead atoms. The van der Waals surface area contributed by atoms with Crippen LogP contribution in [-0.2, 0) is 14.3 Å². The number of hydrogen-bond donors (Lipinski definition) is 1. The topological polar surface area (TPSA) is 64.6 Å². The summed E-state index contributed by atoms with van der Waals surface area (Å²) in [4.78, 5) is 24.2. The van der Waals surface area contributed by atoms with E-state index in [9.17, 15) is 22.8 Å². The van der Waals surface area contributed by atoms with E-state index in [0.29, 0.717) is 5.76 Å². The van der Waals surface area contributed by atoms with Crippen LogP contribution in [0.1, 0.15) is 58.8 Å². The number of rotatable bonds is 12. The van der Waals surface area contributed by atoms with Gasteiger partial charge in [-0.25, -0.2) is 0 Å². The average Bonchev–Trinajstić information content (AvgIpc) is 2.97. The molecule has 1 N–H and O–H groups in total. The Bertz CT molecular complexity index is 797. The number of carbonyl (C=O) groups excluding carboxylic acids is 2. The van der Waals surface area contributed by atoms with E-state index in [1.165, 1.54) is 55.3 Å². The summed E-state index contributed by atoms with van der Waals surface area (Å²) in [5.74, 6) is -0.737. The van der Waals surface area contributed by atoms with E-state index >= 15 is 0 Å². The maximum absolute atomic E-state index is 12.5. The lowest BCUT2D eigenvalue weighted by Gasteiger charge is -2.26. The minimum Gasteiger partial charge on any atom is -0.486 e. The standard InChI is InChI=1S/C22H28F3NO4S/c1-3-4-5-6-7-10-13-21(2)18(14-20(28)31-21)29-15-19(27)26-16-11-8-9-12-17(16)30-22(23,24)25/h8-9,11-12,14H,3-7,10,13,15H2,1-2H3,(H,26,27). The zero-order valence-electron chi connectivity index (χ0n) is 17.7. The molecule has 0 saturated carbocycles. The van der Waals surface area contributed by atoms with Gasteiger partial charge in [-0.2, -0.15) is 0 Å². The Morgan fingerprint density at radius 3 is 2.52 bits per heavy atom. The summed E-state index contributed by atoms with van der Waals surface area (Å²) in [6.07, 6.45) is 3.98. The van der Waals surface area contributed by atoms with E-state index in [2.05, 4.69) is 17.0 Å². The summed E-state index contributed by atoms with van der Waals surface area (Å²) in [7, 11) is 0. The molecular weight excluding hydrogens is 431 g/mol. The first kappa shape index (κ1) is 25.1. The van der Waals surface area contributed by atoms with E-state index in [1.54, 1.807) is 0 Å². The molecule has 172 valence electrons. The molecule has 1 aromatic carbocycles. The number of hydrogen-bond acceptors (Lipinski definition) is 5. The Morgan fingerprint density at radius 2 is 1.81 bits per heavy atom. The van der Waals surface area contributed by atoms with Gasteiger partial charge in [-0.15, -0.1) is 13.2 Å². The smallest absolute Gasteiger partial charge is 0.486 e. The molecule has 1 aliphatic heterocycles. The molecule has 2 rings (SSSR count). The highest BCUT2D eigenvalue weighted by Gasteiger charge is 2.39. The van der Waals surface area contributed by atoms with Crippen molar-refractivity contribution in [2.24, 2.45) is 0 Å². The van der Waals surface area contributed by atoms with Crippen LogP contribution in [0.4, 0.5) is 18.9 Å². The molecule has 1 aromatic rings. The van der Waals surface area contributed by atoms with Crippen molar-refractivity contribution in [2.75, 3.05) is 11.9 Å². The summed E-state index contributed by atoms with van der Waals surface area (Å²) in [6, 6.07) is 5.26. The maximum atomic E-state index is 12.5. The molecular formula is C22H28F3NO4S. The molecule has 0 aromatic heterocycles. The Hall–Kier alpha value is -2.16. The van der Waals surface area contributed by atoms with Gasteiger partial charge in [-0.05, 0) is 25.5 Å². The lowest BCUT2D eigenvalue weighted by atomic mass is 9.99. The van der Waals surface area contributed by atoms with Gasteiger partial charge in [-0.3, -0.25) is 9.59 Å². The van der Waals surface area contributed by atoms with Crippen LogP contribution in [0.25, 0.3) is 0 Å². The van der Waals surface area contributed by atoms with Gasteiger partial charge >= 0.3 is 6.36 Å². The summed E-state index contributed by atoms with van der Waals surface area (Å²) in [6.45, 7) is 3.64. The number of nitrogens with one attached hydrogen (secondary N) is 1. The normalized spacial score (nSPS) is 18.6. The second kappa shape index (κ2) is 11.5. The summed E-state index contributed by atoms with van der Waals surface area (Å²) in [5, 5.41) is 2.23.